The fourth-order valence-electron chi connectivity index (χ4n) is 1.54. The molecule has 0 saturated heterocycles. The highest BCUT2D eigenvalue weighted by molar-refractivity contribution is 5.94. The summed E-state index contributed by atoms with van der Waals surface area (Å²) >= 11 is 0. The Morgan fingerprint density at radius 1 is 1.35 bits per heavy atom. The number of aromatic nitrogens is 2. The summed E-state index contributed by atoms with van der Waals surface area (Å²) in [5, 5.41) is 15.0. The van der Waals surface area contributed by atoms with Crippen molar-refractivity contribution in [3.05, 3.63) is 47.6 Å². The van der Waals surface area contributed by atoms with Crippen molar-refractivity contribution < 1.29 is 14.4 Å². The lowest BCUT2D eigenvalue weighted by molar-refractivity contribution is 0.0954. The van der Waals surface area contributed by atoms with Gasteiger partial charge in [-0.05, 0) is 24.3 Å². The Balaban J connectivity index is 1.85. The van der Waals surface area contributed by atoms with E-state index in [0.29, 0.717) is 24.4 Å². The average molecular weight is 271 g/mol. The van der Waals surface area contributed by atoms with Gasteiger partial charge in [0, 0.05) is 24.1 Å². The van der Waals surface area contributed by atoms with Gasteiger partial charge in [-0.15, -0.1) is 0 Å². The van der Waals surface area contributed by atoms with Crippen molar-refractivity contribution in [1.82, 2.24) is 15.5 Å². The van der Waals surface area contributed by atoms with Gasteiger partial charge >= 0.3 is 0 Å². The van der Waals surface area contributed by atoms with Crippen LogP contribution in [0.2, 0.25) is 0 Å². The van der Waals surface area contributed by atoms with Gasteiger partial charge in [-0.3, -0.25) is 4.79 Å². The van der Waals surface area contributed by atoms with E-state index in [4.69, 9.17) is 5.11 Å². The molecule has 2 rings (SSSR count). The van der Waals surface area contributed by atoms with Crippen LogP contribution in [-0.2, 0) is 6.42 Å². The van der Waals surface area contributed by atoms with Crippen LogP contribution in [0.4, 0.5) is 0 Å². The smallest absolute Gasteiger partial charge is 0.251 e. The van der Waals surface area contributed by atoms with Gasteiger partial charge < -0.3 is 14.9 Å². The van der Waals surface area contributed by atoms with Gasteiger partial charge in [0.25, 0.3) is 5.91 Å². The summed E-state index contributed by atoms with van der Waals surface area (Å²) in [6, 6.07) is 6.84. The average Bonchev–Trinajstić information content (AvgIpc) is 2.99. The molecule has 0 aliphatic carbocycles. The molecule has 0 bridgehead atoms. The maximum absolute atomic E-state index is 11.8. The molecule has 102 valence electrons. The van der Waals surface area contributed by atoms with E-state index < -0.39 is 0 Å². The van der Waals surface area contributed by atoms with E-state index in [0.717, 1.165) is 5.56 Å². The van der Waals surface area contributed by atoms with Crippen molar-refractivity contribution in [2.24, 2.45) is 0 Å². The van der Waals surface area contributed by atoms with Crippen LogP contribution in [0, 0.1) is 11.8 Å². The molecule has 0 unspecified atom stereocenters. The predicted molar refractivity (Wildman–Crippen MR) is 70.7 cm³/mol. The third-order valence-corrected chi connectivity index (χ3v) is 2.50. The zero-order valence-electron chi connectivity index (χ0n) is 10.7. The highest BCUT2D eigenvalue weighted by Gasteiger charge is 2.05. The normalized spacial score (nSPS) is 9.65. The molecule has 2 N–H and O–H groups in total. The molecule has 6 nitrogen and oxygen atoms in total. The summed E-state index contributed by atoms with van der Waals surface area (Å²) in [5.74, 6) is 5.69. The van der Waals surface area contributed by atoms with Crippen molar-refractivity contribution in [1.29, 1.82) is 0 Å². The van der Waals surface area contributed by atoms with Gasteiger partial charge in [0.15, 0.2) is 5.82 Å². The second-order valence-electron chi connectivity index (χ2n) is 3.89. The number of carbonyl (C=O) groups is 1. The Morgan fingerprint density at radius 3 is 2.80 bits per heavy atom. The second kappa shape index (κ2) is 7.07. The summed E-state index contributed by atoms with van der Waals surface area (Å²) in [4.78, 5) is 15.7. The zero-order chi connectivity index (χ0) is 14.2. The van der Waals surface area contributed by atoms with Gasteiger partial charge in [0.1, 0.15) is 6.61 Å². The summed E-state index contributed by atoms with van der Waals surface area (Å²) in [5.41, 5.74) is 1.30. The minimum absolute atomic E-state index is 0.171. The first-order valence-electron chi connectivity index (χ1n) is 6.03. The Bertz CT molecular complexity index is 609. The number of aliphatic hydroxyl groups is 1. The first kappa shape index (κ1) is 13.8. The third kappa shape index (κ3) is 3.93. The van der Waals surface area contributed by atoms with Gasteiger partial charge in [-0.25, -0.2) is 0 Å². The standard InChI is InChI=1S/C14H13N3O3/c18-9-1-2-11-3-5-12(6-4-11)14(19)15-8-7-13-16-10-20-17-13/h3-6,10,18H,7-9H2,(H,15,19). The quantitative estimate of drug-likeness (QED) is 0.785. The number of aliphatic hydroxyl groups excluding tert-OH is 1. The van der Waals surface area contributed by atoms with Crippen LogP contribution < -0.4 is 5.32 Å². The lowest BCUT2D eigenvalue weighted by atomic mass is 10.1. The second-order valence-corrected chi connectivity index (χ2v) is 3.89. The molecule has 0 radical (unpaired) electrons. The summed E-state index contributed by atoms with van der Waals surface area (Å²) in [6.07, 6.45) is 1.77. The third-order valence-electron chi connectivity index (χ3n) is 2.50. The molecule has 6 heteroatoms. The molecule has 0 saturated carbocycles. The van der Waals surface area contributed by atoms with Crippen molar-refractivity contribution in [2.75, 3.05) is 13.2 Å². The SMILES string of the molecule is O=C(NCCc1ncon1)c1ccc(C#CCO)cc1. The number of rotatable bonds is 4. The maximum atomic E-state index is 11.8. The zero-order valence-corrected chi connectivity index (χ0v) is 10.7. The van der Waals surface area contributed by atoms with E-state index >= 15 is 0 Å². The minimum Gasteiger partial charge on any atom is -0.384 e. The highest BCUT2D eigenvalue weighted by atomic mass is 16.5. The van der Waals surface area contributed by atoms with E-state index in [-0.39, 0.29) is 12.5 Å². The minimum atomic E-state index is -0.182. The molecule has 1 aromatic heterocycles. The summed E-state index contributed by atoms with van der Waals surface area (Å²) < 4.78 is 4.60. The molecule has 2 aromatic rings. The Kier molecular flexibility index (Phi) is 4.87. The molecular weight excluding hydrogens is 258 g/mol. The first-order chi connectivity index (χ1) is 9.79. The lowest BCUT2D eigenvalue weighted by Gasteiger charge is -2.03. The fraction of sp³-hybridized carbons (Fsp3) is 0.214. The molecule has 1 amide bonds. The van der Waals surface area contributed by atoms with E-state index in [9.17, 15) is 4.79 Å². The first-order valence-corrected chi connectivity index (χ1v) is 6.03. The van der Waals surface area contributed by atoms with Crippen LogP contribution in [0.5, 0.6) is 0 Å². The molecule has 0 fully saturated rings. The van der Waals surface area contributed by atoms with Gasteiger partial charge in [-0.1, -0.05) is 17.0 Å². The van der Waals surface area contributed by atoms with Crippen LogP contribution in [0.1, 0.15) is 21.7 Å². The Labute approximate surface area is 115 Å². The number of benzene rings is 1. The van der Waals surface area contributed by atoms with E-state index in [1.165, 1.54) is 6.39 Å². The van der Waals surface area contributed by atoms with Crippen LogP contribution >= 0.6 is 0 Å². The lowest BCUT2D eigenvalue weighted by Crippen LogP contribution is -2.25. The number of hydrogen-bond acceptors (Lipinski definition) is 5. The number of hydrogen-bond donors (Lipinski definition) is 2. The van der Waals surface area contributed by atoms with Crippen molar-refractivity contribution in [3.63, 3.8) is 0 Å². The summed E-state index contributed by atoms with van der Waals surface area (Å²) in [7, 11) is 0. The van der Waals surface area contributed by atoms with Crippen molar-refractivity contribution >= 4 is 5.91 Å². The highest BCUT2D eigenvalue weighted by Crippen LogP contribution is 2.03. The van der Waals surface area contributed by atoms with Crippen molar-refractivity contribution in [2.45, 2.75) is 6.42 Å². The number of nitrogens with zero attached hydrogens (tertiary/aromatic N) is 2. The number of amides is 1. The van der Waals surface area contributed by atoms with E-state index in [1.54, 1.807) is 24.3 Å². The van der Waals surface area contributed by atoms with Crippen LogP contribution in [0.25, 0.3) is 0 Å². The van der Waals surface area contributed by atoms with Gasteiger partial charge in [-0.2, -0.15) is 4.98 Å². The molecule has 1 heterocycles. The van der Waals surface area contributed by atoms with Crippen LogP contribution in [-0.4, -0.2) is 34.3 Å². The molecule has 0 aliphatic heterocycles. The number of carbonyl (C=O) groups excluding carboxylic acids is 1. The monoisotopic (exact) mass is 271 g/mol. The molecule has 1 aromatic carbocycles. The molecular formula is C14H13N3O3. The molecule has 20 heavy (non-hydrogen) atoms. The van der Waals surface area contributed by atoms with E-state index in [1.807, 2.05) is 0 Å². The predicted octanol–water partition coefficient (Wildman–Crippen LogP) is 0.386. The van der Waals surface area contributed by atoms with Gasteiger partial charge in [0.2, 0.25) is 6.39 Å². The Hall–Kier alpha value is -2.65. The maximum Gasteiger partial charge on any atom is 0.251 e. The summed E-state index contributed by atoms with van der Waals surface area (Å²) in [6.45, 7) is 0.253. The molecule has 0 aliphatic rings. The number of nitrogens with one attached hydrogen (secondary N) is 1. The van der Waals surface area contributed by atoms with Crippen molar-refractivity contribution in [3.8, 4) is 11.8 Å². The molecule has 0 atom stereocenters. The Morgan fingerprint density at radius 2 is 2.15 bits per heavy atom. The fourth-order valence-corrected chi connectivity index (χ4v) is 1.54. The van der Waals surface area contributed by atoms with Crippen LogP contribution in [0.3, 0.4) is 0 Å². The van der Waals surface area contributed by atoms with Gasteiger partial charge in [0.05, 0.1) is 0 Å². The topological polar surface area (TPSA) is 88.3 Å². The van der Waals surface area contributed by atoms with Crippen LogP contribution in [0.15, 0.2) is 35.2 Å². The van der Waals surface area contributed by atoms with E-state index in [2.05, 4.69) is 31.8 Å². The molecule has 0 spiro atoms. The largest absolute Gasteiger partial charge is 0.384 e.